The van der Waals surface area contributed by atoms with E-state index in [1.807, 2.05) is 0 Å². The van der Waals surface area contributed by atoms with E-state index in [0.717, 1.165) is 18.8 Å². The minimum Gasteiger partial charge on any atom is -0.496 e. The average molecular weight is 248 g/mol. The lowest BCUT2D eigenvalue weighted by molar-refractivity contribution is 0.170. The average Bonchev–Trinajstić information content (AvgIpc) is 2.36. The maximum atomic E-state index is 5.41. The molecular weight excluding hydrogens is 224 g/mol. The van der Waals surface area contributed by atoms with Crippen LogP contribution in [-0.4, -0.2) is 44.2 Å². The molecule has 1 saturated heterocycles. The van der Waals surface area contributed by atoms with Gasteiger partial charge in [-0.3, -0.25) is 4.90 Å². The minimum absolute atomic E-state index is 0.584. The van der Waals surface area contributed by atoms with Crippen molar-refractivity contribution in [1.29, 1.82) is 0 Å². The zero-order valence-corrected chi connectivity index (χ0v) is 12.1. The Labute approximate surface area is 110 Å². The van der Waals surface area contributed by atoms with Gasteiger partial charge in [0.15, 0.2) is 0 Å². The molecule has 0 aliphatic carbocycles. The van der Waals surface area contributed by atoms with Gasteiger partial charge >= 0.3 is 0 Å². The van der Waals surface area contributed by atoms with Crippen molar-refractivity contribution in [3.05, 3.63) is 23.8 Å². The molecule has 0 aromatic heterocycles. The van der Waals surface area contributed by atoms with Crippen molar-refractivity contribution in [1.82, 2.24) is 4.90 Å². The van der Waals surface area contributed by atoms with Gasteiger partial charge in [0.25, 0.3) is 0 Å². The van der Waals surface area contributed by atoms with Crippen LogP contribution in [-0.2, 0) is 0 Å². The van der Waals surface area contributed by atoms with E-state index in [0.29, 0.717) is 12.1 Å². The smallest absolute Gasteiger partial charge is 0.123 e. The van der Waals surface area contributed by atoms with Crippen LogP contribution in [0, 0.1) is 6.92 Å². The van der Waals surface area contributed by atoms with Gasteiger partial charge in [0, 0.05) is 36.9 Å². The fourth-order valence-electron chi connectivity index (χ4n) is 2.62. The lowest BCUT2D eigenvalue weighted by Crippen LogP contribution is -2.55. The summed E-state index contributed by atoms with van der Waals surface area (Å²) in [5.41, 5.74) is 2.46. The molecule has 100 valence electrons. The Kier molecular flexibility index (Phi) is 3.81. The Morgan fingerprint density at radius 3 is 2.33 bits per heavy atom. The molecule has 18 heavy (non-hydrogen) atoms. The summed E-state index contributed by atoms with van der Waals surface area (Å²) < 4.78 is 5.41. The molecule has 0 radical (unpaired) electrons. The van der Waals surface area contributed by atoms with E-state index in [1.54, 1.807) is 7.11 Å². The van der Waals surface area contributed by atoms with E-state index in [1.165, 1.54) is 11.3 Å². The molecule has 1 aliphatic heterocycles. The molecule has 0 spiro atoms. The molecule has 1 aromatic carbocycles. The highest BCUT2D eigenvalue weighted by atomic mass is 16.5. The zero-order chi connectivity index (χ0) is 13.3. The molecule has 1 aliphatic rings. The summed E-state index contributed by atoms with van der Waals surface area (Å²) in [6, 6.07) is 7.66. The van der Waals surface area contributed by atoms with E-state index < -0.39 is 0 Å². The zero-order valence-electron chi connectivity index (χ0n) is 12.1. The normalized spacial score (nSPS) is 25.3. The summed E-state index contributed by atoms with van der Waals surface area (Å²) in [5, 5.41) is 0. The monoisotopic (exact) mass is 248 g/mol. The first-order valence-electron chi connectivity index (χ1n) is 6.64. The number of ether oxygens (including phenoxy) is 1. The number of methoxy groups -OCH3 is 1. The highest BCUT2D eigenvalue weighted by molar-refractivity contribution is 5.54. The molecule has 0 saturated carbocycles. The van der Waals surface area contributed by atoms with Crippen LogP contribution in [0.3, 0.4) is 0 Å². The maximum absolute atomic E-state index is 5.41. The van der Waals surface area contributed by atoms with Crippen molar-refractivity contribution in [2.75, 3.05) is 32.1 Å². The number of hydrogen-bond acceptors (Lipinski definition) is 3. The summed E-state index contributed by atoms with van der Waals surface area (Å²) in [4.78, 5) is 4.90. The van der Waals surface area contributed by atoms with Gasteiger partial charge in [0.1, 0.15) is 5.75 Å². The number of aryl methyl sites for hydroxylation is 1. The standard InChI is InChI=1S/C15H24N2O/c1-11-6-7-14(8-15(11)18-5)17-9-12(2)16(4)13(3)10-17/h6-8,12-13H,9-10H2,1-5H3. The van der Waals surface area contributed by atoms with Crippen molar-refractivity contribution in [3.63, 3.8) is 0 Å². The van der Waals surface area contributed by atoms with E-state index in [9.17, 15) is 0 Å². The summed E-state index contributed by atoms with van der Waals surface area (Å²) in [6.45, 7) is 8.81. The predicted molar refractivity (Wildman–Crippen MR) is 76.6 cm³/mol. The fraction of sp³-hybridized carbons (Fsp3) is 0.600. The minimum atomic E-state index is 0.584. The van der Waals surface area contributed by atoms with Crippen LogP contribution in [0.15, 0.2) is 18.2 Å². The first-order chi connectivity index (χ1) is 8.52. The first-order valence-corrected chi connectivity index (χ1v) is 6.64. The number of piperazine rings is 1. The Balaban J connectivity index is 2.21. The highest BCUT2D eigenvalue weighted by Gasteiger charge is 2.26. The Bertz CT molecular complexity index is 407. The maximum Gasteiger partial charge on any atom is 0.123 e. The van der Waals surface area contributed by atoms with Crippen molar-refractivity contribution in [2.24, 2.45) is 0 Å². The van der Waals surface area contributed by atoms with Crippen LogP contribution < -0.4 is 9.64 Å². The van der Waals surface area contributed by atoms with E-state index in [2.05, 4.69) is 55.8 Å². The van der Waals surface area contributed by atoms with Crippen LogP contribution in [0.2, 0.25) is 0 Å². The van der Waals surface area contributed by atoms with Gasteiger partial charge in [0.2, 0.25) is 0 Å². The molecule has 2 rings (SSSR count). The number of anilines is 1. The second-order valence-electron chi connectivity index (χ2n) is 5.42. The Hall–Kier alpha value is -1.22. The first kappa shape index (κ1) is 13.2. The van der Waals surface area contributed by atoms with Crippen molar-refractivity contribution in [3.8, 4) is 5.75 Å². The fourth-order valence-corrected chi connectivity index (χ4v) is 2.62. The summed E-state index contributed by atoms with van der Waals surface area (Å²) in [7, 11) is 3.95. The molecule has 0 amide bonds. The quantitative estimate of drug-likeness (QED) is 0.800. The molecule has 3 heteroatoms. The lowest BCUT2D eigenvalue weighted by Gasteiger charge is -2.43. The summed E-state index contributed by atoms with van der Waals surface area (Å²) in [5.74, 6) is 0.978. The SMILES string of the molecule is COc1cc(N2CC(C)N(C)C(C)C2)ccc1C. The van der Waals surface area contributed by atoms with E-state index in [4.69, 9.17) is 4.74 Å². The number of rotatable bonds is 2. The third-order valence-corrected chi connectivity index (χ3v) is 4.12. The van der Waals surface area contributed by atoms with Gasteiger partial charge < -0.3 is 9.64 Å². The van der Waals surface area contributed by atoms with Gasteiger partial charge in [0.05, 0.1) is 7.11 Å². The molecule has 0 N–H and O–H groups in total. The van der Waals surface area contributed by atoms with Gasteiger partial charge in [-0.25, -0.2) is 0 Å². The predicted octanol–water partition coefficient (Wildman–Crippen LogP) is 2.53. The molecule has 2 atom stereocenters. The number of likely N-dealkylation sites (N-methyl/N-ethyl adjacent to an activating group) is 1. The topological polar surface area (TPSA) is 15.7 Å². The van der Waals surface area contributed by atoms with Gasteiger partial charge in [-0.15, -0.1) is 0 Å². The third kappa shape index (κ3) is 2.46. The van der Waals surface area contributed by atoms with Crippen molar-refractivity contribution >= 4 is 5.69 Å². The number of nitrogens with zero attached hydrogens (tertiary/aromatic N) is 2. The van der Waals surface area contributed by atoms with Crippen LogP contribution in [0.4, 0.5) is 5.69 Å². The second-order valence-corrected chi connectivity index (χ2v) is 5.42. The van der Waals surface area contributed by atoms with Crippen molar-refractivity contribution in [2.45, 2.75) is 32.9 Å². The molecule has 3 nitrogen and oxygen atoms in total. The molecule has 1 heterocycles. The van der Waals surface area contributed by atoms with Crippen LogP contribution in [0.5, 0.6) is 5.75 Å². The number of benzene rings is 1. The van der Waals surface area contributed by atoms with Gasteiger partial charge in [-0.05, 0) is 39.4 Å². The van der Waals surface area contributed by atoms with Crippen LogP contribution >= 0.6 is 0 Å². The van der Waals surface area contributed by atoms with Crippen LogP contribution in [0.25, 0.3) is 0 Å². The molecule has 1 fully saturated rings. The second kappa shape index (κ2) is 5.19. The van der Waals surface area contributed by atoms with Crippen molar-refractivity contribution < 1.29 is 4.74 Å². The Morgan fingerprint density at radius 2 is 1.78 bits per heavy atom. The van der Waals surface area contributed by atoms with Gasteiger partial charge in [-0.2, -0.15) is 0 Å². The molecular formula is C15H24N2O. The lowest BCUT2D eigenvalue weighted by atomic mass is 10.1. The largest absolute Gasteiger partial charge is 0.496 e. The molecule has 2 unspecified atom stereocenters. The van der Waals surface area contributed by atoms with E-state index in [-0.39, 0.29) is 0 Å². The van der Waals surface area contributed by atoms with E-state index >= 15 is 0 Å². The summed E-state index contributed by atoms with van der Waals surface area (Å²) >= 11 is 0. The number of hydrogen-bond donors (Lipinski definition) is 0. The Morgan fingerprint density at radius 1 is 1.17 bits per heavy atom. The van der Waals surface area contributed by atoms with Crippen LogP contribution in [0.1, 0.15) is 19.4 Å². The molecule has 0 bridgehead atoms. The third-order valence-electron chi connectivity index (χ3n) is 4.12. The highest BCUT2D eigenvalue weighted by Crippen LogP contribution is 2.27. The molecule has 1 aromatic rings. The van der Waals surface area contributed by atoms with Gasteiger partial charge in [-0.1, -0.05) is 6.07 Å². The summed E-state index contributed by atoms with van der Waals surface area (Å²) in [6.07, 6.45) is 0.